The van der Waals surface area contributed by atoms with Crippen molar-refractivity contribution < 1.29 is 48.0 Å². The van der Waals surface area contributed by atoms with E-state index in [-0.39, 0.29) is 19.1 Å². The number of esters is 4. The van der Waals surface area contributed by atoms with Crippen molar-refractivity contribution in [1.82, 2.24) is 0 Å². The summed E-state index contributed by atoms with van der Waals surface area (Å²) in [5.41, 5.74) is -1.29. The van der Waals surface area contributed by atoms with Gasteiger partial charge in [0.2, 0.25) is 0 Å². The van der Waals surface area contributed by atoms with Gasteiger partial charge in [0, 0.05) is 44.9 Å². The minimum Gasteiger partial charge on any atom is -0.462 e. The van der Waals surface area contributed by atoms with E-state index < -0.39 is 87.9 Å². The van der Waals surface area contributed by atoms with Crippen molar-refractivity contribution in [2.75, 3.05) is 13.2 Å². The van der Waals surface area contributed by atoms with E-state index in [0.29, 0.717) is 31.3 Å². The van der Waals surface area contributed by atoms with Gasteiger partial charge in [-0.3, -0.25) is 19.2 Å². The van der Waals surface area contributed by atoms with Crippen LogP contribution >= 0.6 is 0 Å². The van der Waals surface area contributed by atoms with Crippen LogP contribution < -0.4 is 0 Å². The number of rotatable bonds is 11. The second-order valence-corrected chi connectivity index (χ2v) is 16.6. The Balaban J connectivity index is 1.80. The van der Waals surface area contributed by atoms with E-state index in [4.69, 9.17) is 23.7 Å². The Hall–Kier alpha value is -3.76. The van der Waals surface area contributed by atoms with Crippen molar-refractivity contribution in [2.45, 2.75) is 130 Å². The second kappa shape index (κ2) is 15.8. The number of carbonyl (C=O) groups is 4. The fraction of sp³-hybridized carbons (Fsp3) is 0.636. The van der Waals surface area contributed by atoms with Crippen LogP contribution in [0.5, 0.6) is 0 Å². The van der Waals surface area contributed by atoms with Crippen LogP contribution in [0.15, 0.2) is 60.7 Å². The Morgan fingerprint density at radius 3 is 2.30 bits per heavy atom. The van der Waals surface area contributed by atoms with Gasteiger partial charge in [0.15, 0.2) is 6.10 Å². The average molecular weight is 749 g/mol. The highest BCUT2D eigenvalue weighted by Crippen LogP contribution is 2.72. The van der Waals surface area contributed by atoms with Gasteiger partial charge in [-0.1, -0.05) is 63.3 Å². The molecule has 4 aliphatic rings. The zero-order chi connectivity index (χ0) is 39.8. The van der Waals surface area contributed by atoms with Crippen LogP contribution in [0.2, 0.25) is 0 Å². The quantitative estimate of drug-likeness (QED) is 0.144. The molecule has 1 aliphatic heterocycles. The molecule has 0 aromatic heterocycles. The SMILES string of the molecule is C=CC[C@H](CC1(O)C(C)=C[C@@H](OC(C)=O)[C@@]2(C)C1CC[C@]1(C)C2[C@H](OC(C)=O)[C@H](OC(C)=O)[C@@]2([C@@H](C)OC(C)=O)COCC=CC12)c1ccccc1CC. The maximum atomic E-state index is 13.4. The molecule has 0 bridgehead atoms. The third-order valence-electron chi connectivity index (χ3n) is 13.6. The minimum absolute atomic E-state index is 0.0493. The fourth-order valence-corrected chi connectivity index (χ4v) is 11.7. The number of aryl methyl sites for hydroxylation is 1. The molecular weight excluding hydrogens is 688 g/mol. The molecule has 1 aromatic carbocycles. The summed E-state index contributed by atoms with van der Waals surface area (Å²) in [5.74, 6) is -3.81. The molecule has 5 rings (SSSR count). The third kappa shape index (κ3) is 6.97. The van der Waals surface area contributed by atoms with Gasteiger partial charge >= 0.3 is 23.9 Å². The van der Waals surface area contributed by atoms with Gasteiger partial charge in [0.05, 0.1) is 24.2 Å². The summed E-state index contributed by atoms with van der Waals surface area (Å²) in [5, 5.41) is 13.4. The number of hydrogen-bond donors (Lipinski definition) is 1. The van der Waals surface area contributed by atoms with Crippen LogP contribution in [0, 0.1) is 34.0 Å². The second-order valence-electron chi connectivity index (χ2n) is 16.6. The van der Waals surface area contributed by atoms with Gasteiger partial charge < -0.3 is 28.8 Å². The molecule has 0 radical (unpaired) electrons. The van der Waals surface area contributed by atoms with E-state index in [0.717, 1.165) is 12.0 Å². The third-order valence-corrected chi connectivity index (χ3v) is 13.6. The highest BCUT2D eigenvalue weighted by atomic mass is 16.6. The Morgan fingerprint density at radius 2 is 1.69 bits per heavy atom. The van der Waals surface area contributed by atoms with E-state index in [1.807, 2.05) is 44.2 Å². The van der Waals surface area contributed by atoms with Crippen LogP contribution in [0.25, 0.3) is 0 Å². The summed E-state index contributed by atoms with van der Waals surface area (Å²) in [6.07, 6.45) is 6.83. The van der Waals surface area contributed by atoms with Gasteiger partial charge in [-0.25, -0.2) is 0 Å². The van der Waals surface area contributed by atoms with Crippen molar-refractivity contribution in [3.05, 3.63) is 71.8 Å². The summed E-state index contributed by atoms with van der Waals surface area (Å²) in [4.78, 5) is 52.0. The van der Waals surface area contributed by atoms with Crippen LogP contribution in [0.1, 0.15) is 105 Å². The zero-order valence-electron chi connectivity index (χ0n) is 33.5. The topological polar surface area (TPSA) is 135 Å². The molecule has 12 atom stereocenters. The van der Waals surface area contributed by atoms with Crippen molar-refractivity contribution in [1.29, 1.82) is 0 Å². The molecule has 0 saturated heterocycles. The molecule has 10 heteroatoms. The maximum Gasteiger partial charge on any atom is 0.303 e. The van der Waals surface area contributed by atoms with Crippen molar-refractivity contribution in [2.24, 2.45) is 34.0 Å². The lowest BCUT2D eigenvalue weighted by Crippen LogP contribution is -2.76. The number of ether oxygens (including phenoxy) is 5. The van der Waals surface area contributed by atoms with E-state index >= 15 is 0 Å². The summed E-state index contributed by atoms with van der Waals surface area (Å²) in [6.45, 7) is 19.7. The molecular formula is C44H60O10. The largest absolute Gasteiger partial charge is 0.462 e. The molecule has 54 heavy (non-hydrogen) atoms. The molecule has 10 nitrogen and oxygen atoms in total. The van der Waals surface area contributed by atoms with Crippen molar-refractivity contribution in [3.8, 4) is 0 Å². The summed E-state index contributed by atoms with van der Waals surface area (Å²) in [7, 11) is 0. The standard InChI is InChI=1S/C44H60O10/c1-11-16-33(34-18-14-13-17-32(34)12-2)24-44(49)26(3)23-37(52-29(6)46)42(10)36(44)20-21-41(9)35-19-15-22-50-25-43(35,27(4)51-28(5)45)40(54-31(8)48)38(39(41)42)53-30(7)47/h11,13-15,17-19,23,27,33,35-40,49H,1,12,16,20-22,24-25H2,2-10H3/t27-,33-,35?,36?,37-,38+,39?,40+,41+,42-,43-,44?/m1/s1. The van der Waals surface area contributed by atoms with Crippen LogP contribution in [0.3, 0.4) is 0 Å². The monoisotopic (exact) mass is 748 g/mol. The summed E-state index contributed by atoms with van der Waals surface area (Å²) >= 11 is 0. The fourth-order valence-electron chi connectivity index (χ4n) is 11.7. The molecule has 4 unspecified atom stereocenters. The first-order valence-electron chi connectivity index (χ1n) is 19.4. The number of carbonyl (C=O) groups excluding carboxylic acids is 4. The Bertz CT molecular complexity index is 1680. The first-order valence-corrected chi connectivity index (χ1v) is 19.4. The van der Waals surface area contributed by atoms with Crippen LogP contribution in [0.4, 0.5) is 0 Å². The lowest BCUT2D eigenvalue weighted by Gasteiger charge is -2.71. The zero-order valence-corrected chi connectivity index (χ0v) is 33.5. The predicted molar refractivity (Wildman–Crippen MR) is 203 cm³/mol. The summed E-state index contributed by atoms with van der Waals surface area (Å²) in [6, 6.07) is 8.31. The first kappa shape index (κ1) is 41.4. The molecule has 2 saturated carbocycles. The molecule has 1 aromatic rings. The first-order chi connectivity index (χ1) is 25.4. The number of benzene rings is 1. The smallest absolute Gasteiger partial charge is 0.303 e. The lowest BCUT2D eigenvalue weighted by atomic mass is 9.35. The number of allylic oxidation sites excluding steroid dienone is 2. The van der Waals surface area contributed by atoms with Crippen molar-refractivity contribution in [3.63, 3.8) is 0 Å². The average Bonchev–Trinajstić information content (AvgIpc) is 3.33. The van der Waals surface area contributed by atoms with E-state index in [1.54, 1.807) is 6.92 Å². The molecule has 1 N–H and O–H groups in total. The lowest BCUT2D eigenvalue weighted by molar-refractivity contribution is -0.304. The molecule has 2 fully saturated rings. The van der Waals surface area contributed by atoms with Gasteiger partial charge in [0.25, 0.3) is 0 Å². The molecule has 296 valence electrons. The number of aliphatic hydroxyl groups is 1. The Kier molecular flexibility index (Phi) is 12.1. The summed E-state index contributed by atoms with van der Waals surface area (Å²) < 4.78 is 31.1. The van der Waals surface area contributed by atoms with Gasteiger partial charge in [0.1, 0.15) is 18.3 Å². The predicted octanol–water partition coefficient (Wildman–Crippen LogP) is 6.98. The molecule has 0 amide bonds. The Labute approximate surface area is 320 Å². The normalized spacial score (nSPS) is 36.7. The molecule has 0 spiro atoms. The van der Waals surface area contributed by atoms with Crippen LogP contribution in [-0.4, -0.2) is 72.2 Å². The maximum absolute atomic E-state index is 13.4. The van der Waals surface area contributed by atoms with E-state index in [9.17, 15) is 24.3 Å². The van der Waals surface area contributed by atoms with E-state index in [2.05, 4.69) is 38.6 Å². The van der Waals surface area contributed by atoms with Crippen LogP contribution in [-0.2, 0) is 49.3 Å². The Morgan fingerprint density at radius 1 is 1.02 bits per heavy atom. The van der Waals surface area contributed by atoms with Gasteiger partial charge in [-0.05, 0) is 86.0 Å². The molecule has 1 heterocycles. The highest BCUT2D eigenvalue weighted by Gasteiger charge is 2.76. The van der Waals surface area contributed by atoms with Gasteiger partial charge in [-0.2, -0.15) is 0 Å². The van der Waals surface area contributed by atoms with E-state index in [1.165, 1.54) is 33.3 Å². The van der Waals surface area contributed by atoms with Gasteiger partial charge in [-0.15, -0.1) is 6.58 Å². The van der Waals surface area contributed by atoms with Crippen molar-refractivity contribution >= 4 is 23.9 Å². The number of hydrogen-bond acceptors (Lipinski definition) is 10. The minimum atomic E-state index is -1.37. The number of fused-ring (bicyclic) bond motifs is 5. The highest BCUT2D eigenvalue weighted by molar-refractivity contribution is 5.69. The molecule has 3 aliphatic carbocycles.